The van der Waals surface area contributed by atoms with Gasteiger partial charge in [0.2, 0.25) is 0 Å². The minimum Gasteiger partial charge on any atom is -0.378 e. The molecule has 0 aromatic heterocycles. The number of rotatable bonds is 7. The van der Waals surface area contributed by atoms with E-state index in [4.69, 9.17) is 0 Å². The van der Waals surface area contributed by atoms with E-state index in [0.29, 0.717) is 0 Å². The van der Waals surface area contributed by atoms with Gasteiger partial charge in [-0.2, -0.15) is 0 Å². The number of aryl methyl sites for hydroxylation is 3. The van der Waals surface area contributed by atoms with Gasteiger partial charge in [-0.15, -0.1) is 0 Å². The van der Waals surface area contributed by atoms with Crippen molar-refractivity contribution in [1.29, 1.82) is 0 Å². The van der Waals surface area contributed by atoms with Crippen molar-refractivity contribution in [2.24, 2.45) is 0 Å². The van der Waals surface area contributed by atoms with Crippen LogP contribution in [-0.4, -0.2) is 14.1 Å². The predicted octanol–water partition coefficient (Wildman–Crippen LogP) is 15.7. The molecule has 60 heavy (non-hydrogen) atoms. The molecular formula is C57H49N3. The van der Waals surface area contributed by atoms with Crippen molar-refractivity contribution in [1.82, 2.24) is 0 Å². The summed E-state index contributed by atoms with van der Waals surface area (Å²) in [5.41, 5.74) is 13.6. The van der Waals surface area contributed by atoms with E-state index < -0.39 is 0 Å². The van der Waals surface area contributed by atoms with Gasteiger partial charge in [-0.3, -0.25) is 0 Å². The van der Waals surface area contributed by atoms with E-state index in [9.17, 15) is 0 Å². The Morgan fingerprint density at radius 2 is 0.950 bits per heavy atom. The maximum absolute atomic E-state index is 2.57. The first-order valence-electron chi connectivity index (χ1n) is 21.3. The SMILES string of the molecule is Cc1ccc(N(c2ccc3ccccc3c2)c2cc(C)c3ccc4c(N(c5ccc(N(C)C)cc5)c5ccc6ccccc6c5)cc5c6c(cc2c3c46)C(C)(C)CC5)cc1. The van der Waals surface area contributed by atoms with Crippen LogP contribution in [0.5, 0.6) is 0 Å². The first-order valence-corrected chi connectivity index (χ1v) is 21.3. The Hall–Kier alpha value is -6.84. The number of anilines is 7. The number of benzene rings is 10. The molecule has 10 aromatic carbocycles. The van der Waals surface area contributed by atoms with Crippen LogP contribution < -0.4 is 14.7 Å². The van der Waals surface area contributed by atoms with Crippen LogP contribution in [0.3, 0.4) is 0 Å². The van der Waals surface area contributed by atoms with E-state index in [0.717, 1.165) is 35.6 Å². The summed E-state index contributed by atoms with van der Waals surface area (Å²) in [5.74, 6) is 0. The molecule has 3 nitrogen and oxygen atoms in total. The Kier molecular flexibility index (Phi) is 8.22. The molecule has 0 bridgehead atoms. The molecule has 1 aliphatic rings. The molecular weight excluding hydrogens is 727 g/mol. The lowest BCUT2D eigenvalue weighted by Gasteiger charge is -2.37. The number of hydrogen-bond acceptors (Lipinski definition) is 3. The highest BCUT2D eigenvalue weighted by molar-refractivity contribution is 6.30. The molecule has 0 radical (unpaired) electrons. The lowest BCUT2D eigenvalue weighted by molar-refractivity contribution is 0.475. The van der Waals surface area contributed by atoms with E-state index in [1.165, 1.54) is 93.2 Å². The summed E-state index contributed by atoms with van der Waals surface area (Å²) in [6.45, 7) is 9.38. The van der Waals surface area contributed by atoms with Gasteiger partial charge in [0.25, 0.3) is 0 Å². The normalized spacial score (nSPS) is 13.5. The predicted molar refractivity (Wildman–Crippen MR) is 260 cm³/mol. The summed E-state index contributed by atoms with van der Waals surface area (Å²) in [5, 5.41) is 13.0. The van der Waals surface area contributed by atoms with E-state index in [-0.39, 0.29) is 5.41 Å². The zero-order valence-electron chi connectivity index (χ0n) is 35.3. The van der Waals surface area contributed by atoms with Gasteiger partial charge >= 0.3 is 0 Å². The van der Waals surface area contributed by atoms with Crippen LogP contribution in [0.2, 0.25) is 0 Å². The van der Waals surface area contributed by atoms with Crippen LogP contribution >= 0.6 is 0 Å². The topological polar surface area (TPSA) is 9.72 Å². The average molecular weight is 776 g/mol. The van der Waals surface area contributed by atoms with Gasteiger partial charge < -0.3 is 14.7 Å². The fourth-order valence-corrected chi connectivity index (χ4v) is 10.1. The molecule has 0 N–H and O–H groups in total. The van der Waals surface area contributed by atoms with Crippen molar-refractivity contribution in [3.8, 4) is 0 Å². The zero-order valence-corrected chi connectivity index (χ0v) is 35.3. The van der Waals surface area contributed by atoms with Crippen LogP contribution in [0.1, 0.15) is 42.5 Å². The van der Waals surface area contributed by atoms with E-state index in [1.807, 2.05) is 0 Å². The molecule has 0 saturated carbocycles. The summed E-state index contributed by atoms with van der Waals surface area (Å²) in [4.78, 5) is 7.18. The van der Waals surface area contributed by atoms with Crippen molar-refractivity contribution in [3.63, 3.8) is 0 Å². The fraction of sp³-hybridized carbons (Fsp3) is 0.158. The molecule has 3 heteroatoms. The van der Waals surface area contributed by atoms with Crippen molar-refractivity contribution in [3.05, 3.63) is 186 Å². The second kappa shape index (κ2) is 13.6. The molecule has 292 valence electrons. The second-order valence-corrected chi connectivity index (χ2v) is 17.9. The standard InChI is InChI=1S/C57H49N3/c1-36-15-19-44(20-16-36)59(46-21-17-38-11-7-9-13-40(38)32-46)52-31-37(2)48-27-28-49-53(34-42-29-30-57(3,4)51-35-50(52)55(48)56(49)54(42)51)60(45-25-23-43(24-26-45)58(5)6)47-22-18-39-12-8-10-14-41(39)33-47/h7-28,31-35H,29-30H2,1-6H3. The van der Waals surface area contributed by atoms with Gasteiger partial charge in [0.05, 0.1) is 11.4 Å². The van der Waals surface area contributed by atoms with Crippen LogP contribution in [0.4, 0.5) is 39.8 Å². The maximum atomic E-state index is 2.57. The maximum Gasteiger partial charge on any atom is 0.0543 e. The first kappa shape index (κ1) is 36.3. The van der Waals surface area contributed by atoms with E-state index in [2.05, 4.69) is 220 Å². The number of nitrogens with zero attached hydrogens (tertiary/aromatic N) is 3. The van der Waals surface area contributed by atoms with Crippen molar-refractivity contribution >= 4 is 93.7 Å². The van der Waals surface area contributed by atoms with Gasteiger partial charge in [0.15, 0.2) is 0 Å². The summed E-state index contributed by atoms with van der Waals surface area (Å²) in [6, 6.07) is 61.7. The van der Waals surface area contributed by atoms with Gasteiger partial charge in [-0.05, 0) is 165 Å². The molecule has 0 atom stereocenters. The summed E-state index contributed by atoms with van der Waals surface area (Å²) < 4.78 is 0. The van der Waals surface area contributed by atoms with Gasteiger partial charge in [-0.1, -0.05) is 104 Å². The third-order valence-corrected chi connectivity index (χ3v) is 13.4. The molecule has 0 spiro atoms. The summed E-state index contributed by atoms with van der Waals surface area (Å²) in [7, 11) is 4.22. The van der Waals surface area contributed by atoms with Crippen LogP contribution in [-0.2, 0) is 11.8 Å². The quantitative estimate of drug-likeness (QED) is 0.149. The lowest BCUT2D eigenvalue weighted by atomic mass is 9.70. The Balaban J connectivity index is 1.25. The van der Waals surface area contributed by atoms with E-state index in [1.54, 1.807) is 0 Å². The fourth-order valence-electron chi connectivity index (χ4n) is 10.1. The first-order chi connectivity index (χ1) is 29.1. The Morgan fingerprint density at radius 3 is 1.55 bits per heavy atom. The molecule has 10 aromatic rings. The zero-order chi connectivity index (χ0) is 40.9. The summed E-state index contributed by atoms with van der Waals surface area (Å²) in [6.07, 6.45) is 2.12. The third kappa shape index (κ3) is 5.71. The monoisotopic (exact) mass is 775 g/mol. The number of fused-ring (bicyclic) bond motifs is 2. The van der Waals surface area contributed by atoms with Crippen LogP contribution in [0, 0.1) is 13.8 Å². The van der Waals surface area contributed by atoms with Crippen molar-refractivity contribution < 1.29 is 0 Å². The minimum atomic E-state index is 0.00113. The highest BCUT2D eigenvalue weighted by Gasteiger charge is 2.33. The summed E-state index contributed by atoms with van der Waals surface area (Å²) >= 11 is 0. The van der Waals surface area contributed by atoms with Gasteiger partial charge in [0, 0.05) is 58.7 Å². The van der Waals surface area contributed by atoms with Crippen molar-refractivity contribution in [2.75, 3.05) is 28.8 Å². The molecule has 0 saturated heterocycles. The van der Waals surface area contributed by atoms with Gasteiger partial charge in [-0.25, -0.2) is 0 Å². The van der Waals surface area contributed by atoms with E-state index >= 15 is 0 Å². The molecule has 0 amide bonds. The Morgan fingerprint density at radius 1 is 0.433 bits per heavy atom. The minimum absolute atomic E-state index is 0.00113. The Labute approximate surface area is 353 Å². The van der Waals surface area contributed by atoms with Gasteiger partial charge in [0.1, 0.15) is 0 Å². The molecule has 11 rings (SSSR count). The molecule has 0 aliphatic heterocycles. The number of hydrogen-bond donors (Lipinski definition) is 0. The molecule has 0 heterocycles. The Bertz CT molecular complexity index is 3280. The third-order valence-electron chi connectivity index (χ3n) is 13.4. The molecule has 0 unspecified atom stereocenters. The average Bonchev–Trinajstić information content (AvgIpc) is 3.26. The lowest BCUT2D eigenvalue weighted by Crippen LogP contribution is -2.24. The smallest absolute Gasteiger partial charge is 0.0543 e. The molecule has 1 aliphatic carbocycles. The highest BCUT2D eigenvalue weighted by Crippen LogP contribution is 2.54. The molecule has 0 fully saturated rings. The van der Waals surface area contributed by atoms with Crippen LogP contribution in [0.25, 0.3) is 53.9 Å². The highest BCUT2D eigenvalue weighted by atomic mass is 15.2. The van der Waals surface area contributed by atoms with Crippen molar-refractivity contribution in [2.45, 2.75) is 46.0 Å². The largest absolute Gasteiger partial charge is 0.378 e. The second-order valence-electron chi connectivity index (χ2n) is 17.9. The van der Waals surface area contributed by atoms with Crippen LogP contribution in [0.15, 0.2) is 164 Å².